The van der Waals surface area contributed by atoms with E-state index in [1.165, 1.54) is 30.7 Å². The Kier molecular flexibility index (Phi) is 14.4. The summed E-state index contributed by atoms with van der Waals surface area (Å²) in [5, 5.41) is 31.8. The Labute approximate surface area is 424 Å². The number of aromatic amines is 2. The summed E-state index contributed by atoms with van der Waals surface area (Å²) in [6.45, 7) is 18.2. The lowest BCUT2D eigenvalue weighted by Crippen LogP contribution is -2.30. The Hall–Kier alpha value is -8.33. The highest BCUT2D eigenvalue weighted by Gasteiger charge is 2.28. The molecule has 8 aromatic rings. The van der Waals surface area contributed by atoms with Crippen molar-refractivity contribution in [2.75, 3.05) is 36.8 Å². The number of carbonyl (C=O) groups excluding carboxylic acids is 3. The topological polar surface area (TPSA) is 250 Å². The van der Waals surface area contributed by atoms with Crippen LogP contribution in [0.2, 0.25) is 0 Å². The number of aromatic nitrogens is 8. The Morgan fingerprint density at radius 3 is 1.66 bits per heavy atom. The monoisotopic (exact) mass is 1010 g/mol. The first kappa shape index (κ1) is 50.6. The Morgan fingerprint density at radius 2 is 1.23 bits per heavy atom. The standard InChI is InChI=1S/C28H30FN7O3.C25H28FN7O2/c1-5-22(37)36-11-9-18(14-36)32-25-23-19(8-10-30-24(23)34-35-25)16-6-7-17(20(29)12-16)13-31-26(38)21-15-39-27(33-21)28(2,3)4;1-25(2,3)24-31-19(13-35-24)23(34)29-11-15-5-4-14(10-18(15)26)17-7-9-28-21-20(17)22(33-32-21)30-16-6-8-27-12-16/h5-8,10,12,15,18H,1,9,11,13-14H2,2-4H3,(H,31,38)(H2,30,32,34,35);4-5,7,9-10,13,16,27H,6,8,11-12H2,1-3H3,(H,29,34)(H2,28,30,32,33)/t18-;16-/m11/s1. The Bertz CT molecular complexity index is 3360. The number of fused-ring (bicyclic) bond motifs is 2. The maximum Gasteiger partial charge on any atom is 0.273 e. The van der Waals surface area contributed by atoms with E-state index in [4.69, 9.17) is 8.83 Å². The molecule has 74 heavy (non-hydrogen) atoms. The molecule has 2 fully saturated rings. The van der Waals surface area contributed by atoms with Crippen molar-refractivity contribution in [3.63, 3.8) is 0 Å². The minimum absolute atomic E-state index is 0.00542. The average Bonchev–Trinajstić information content (AvgIpc) is 4.25. The maximum absolute atomic E-state index is 15.2. The number of amides is 3. The molecule has 10 rings (SSSR count). The Balaban J connectivity index is 0.000000183. The first-order valence-electron chi connectivity index (χ1n) is 24.3. The number of anilines is 2. The van der Waals surface area contributed by atoms with Gasteiger partial charge in [0.2, 0.25) is 5.91 Å². The number of benzene rings is 2. The summed E-state index contributed by atoms with van der Waals surface area (Å²) >= 11 is 0. The third-order valence-electron chi connectivity index (χ3n) is 12.7. The van der Waals surface area contributed by atoms with E-state index >= 15 is 8.78 Å². The van der Waals surface area contributed by atoms with Gasteiger partial charge in [0.15, 0.2) is 46.1 Å². The molecule has 2 aromatic carbocycles. The molecule has 0 saturated carbocycles. The zero-order valence-corrected chi connectivity index (χ0v) is 42.0. The van der Waals surface area contributed by atoms with Gasteiger partial charge in [0.1, 0.15) is 24.2 Å². The van der Waals surface area contributed by atoms with Crippen LogP contribution in [-0.4, -0.2) is 101 Å². The van der Waals surface area contributed by atoms with E-state index in [-0.39, 0.29) is 53.3 Å². The van der Waals surface area contributed by atoms with Gasteiger partial charge in [-0.2, -0.15) is 10.2 Å². The number of nitrogens with zero attached hydrogens (tertiary/aromatic N) is 7. The van der Waals surface area contributed by atoms with Crippen molar-refractivity contribution >= 4 is 51.4 Å². The number of hydrogen-bond acceptors (Lipinski definition) is 14. The van der Waals surface area contributed by atoms with Gasteiger partial charge in [-0.1, -0.05) is 72.4 Å². The van der Waals surface area contributed by atoms with Gasteiger partial charge in [-0.3, -0.25) is 24.6 Å². The molecule has 6 aromatic heterocycles. The maximum atomic E-state index is 15.2. The van der Waals surface area contributed by atoms with Crippen LogP contribution in [0.4, 0.5) is 20.4 Å². The largest absolute Gasteiger partial charge is 0.448 e. The third kappa shape index (κ3) is 11.2. The summed E-state index contributed by atoms with van der Waals surface area (Å²) < 4.78 is 41.0. The van der Waals surface area contributed by atoms with E-state index in [9.17, 15) is 14.4 Å². The highest BCUT2D eigenvalue weighted by Crippen LogP contribution is 2.35. The fourth-order valence-corrected chi connectivity index (χ4v) is 8.66. The van der Waals surface area contributed by atoms with E-state index < -0.39 is 23.4 Å². The average molecular weight is 1010 g/mol. The van der Waals surface area contributed by atoms with Crippen LogP contribution in [-0.2, 0) is 28.7 Å². The quantitative estimate of drug-likeness (QED) is 0.0542. The second kappa shape index (κ2) is 21.0. The van der Waals surface area contributed by atoms with Gasteiger partial charge in [0, 0.05) is 79.2 Å². The first-order valence-corrected chi connectivity index (χ1v) is 24.3. The summed E-state index contributed by atoms with van der Waals surface area (Å²) in [6, 6.07) is 13.8. The molecule has 2 saturated heterocycles. The molecule has 19 nitrogen and oxygen atoms in total. The van der Waals surface area contributed by atoms with E-state index in [1.54, 1.807) is 41.6 Å². The van der Waals surface area contributed by atoms with E-state index in [0.717, 1.165) is 47.8 Å². The number of carbonyl (C=O) groups is 3. The van der Waals surface area contributed by atoms with Crippen LogP contribution in [0.25, 0.3) is 44.3 Å². The minimum atomic E-state index is -0.458. The van der Waals surface area contributed by atoms with Crippen molar-refractivity contribution in [3.05, 3.63) is 132 Å². The smallest absolute Gasteiger partial charge is 0.273 e. The molecule has 0 spiro atoms. The molecule has 0 bridgehead atoms. The van der Waals surface area contributed by atoms with Crippen LogP contribution < -0.4 is 26.6 Å². The molecule has 8 heterocycles. The zero-order valence-electron chi connectivity index (χ0n) is 42.0. The summed E-state index contributed by atoms with van der Waals surface area (Å²) in [4.78, 5) is 55.9. The lowest BCUT2D eigenvalue weighted by Gasteiger charge is -2.15. The van der Waals surface area contributed by atoms with Crippen molar-refractivity contribution in [2.45, 2.75) is 90.4 Å². The van der Waals surface area contributed by atoms with Crippen LogP contribution in [0.1, 0.15) is 98.3 Å². The summed E-state index contributed by atoms with van der Waals surface area (Å²) in [5.41, 5.74) is 4.49. The van der Waals surface area contributed by atoms with Crippen LogP contribution in [0.3, 0.4) is 0 Å². The van der Waals surface area contributed by atoms with Crippen molar-refractivity contribution in [1.29, 1.82) is 0 Å². The molecule has 0 unspecified atom stereocenters. The van der Waals surface area contributed by atoms with Crippen LogP contribution in [0, 0.1) is 11.6 Å². The van der Waals surface area contributed by atoms with Gasteiger partial charge < -0.3 is 40.3 Å². The molecule has 384 valence electrons. The van der Waals surface area contributed by atoms with Crippen molar-refractivity contribution in [3.8, 4) is 22.3 Å². The number of pyridine rings is 2. The molecule has 0 radical (unpaired) electrons. The second-order valence-electron chi connectivity index (χ2n) is 20.3. The Morgan fingerprint density at radius 1 is 0.730 bits per heavy atom. The van der Waals surface area contributed by atoms with Gasteiger partial charge in [-0.15, -0.1) is 0 Å². The summed E-state index contributed by atoms with van der Waals surface area (Å²) in [6.07, 6.45) is 9.02. The van der Waals surface area contributed by atoms with Crippen LogP contribution >= 0.6 is 0 Å². The number of oxazole rings is 2. The van der Waals surface area contributed by atoms with Crippen LogP contribution in [0.15, 0.2) is 94.9 Å². The normalized spacial score (nSPS) is 15.8. The van der Waals surface area contributed by atoms with Crippen molar-refractivity contribution in [1.82, 2.24) is 61.2 Å². The molecular weight excluding hydrogens is 951 g/mol. The van der Waals surface area contributed by atoms with E-state index in [2.05, 4.69) is 73.5 Å². The van der Waals surface area contributed by atoms with Crippen molar-refractivity contribution in [2.24, 2.45) is 0 Å². The fourth-order valence-electron chi connectivity index (χ4n) is 8.66. The molecule has 2 atom stereocenters. The highest BCUT2D eigenvalue weighted by atomic mass is 19.1. The van der Waals surface area contributed by atoms with Gasteiger partial charge in [-0.05, 0) is 72.0 Å². The molecular formula is C53H58F2N14O5. The van der Waals surface area contributed by atoms with E-state index in [0.29, 0.717) is 70.1 Å². The van der Waals surface area contributed by atoms with Gasteiger partial charge in [0.25, 0.3) is 11.8 Å². The van der Waals surface area contributed by atoms with Gasteiger partial charge in [0.05, 0.1) is 10.8 Å². The minimum Gasteiger partial charge on any atom is -0.448 e. The van der Waals surface area contributed by atoms with Crippen molar-refractivity contribution < 1.29 is 32.0 Å². The molecule has 2 aliphatic rings. The number of hydrogen-bond donors (Lipinski definition) is 7. The predicted molar refractivity (Wildman–Crippen MR) is 275 cm³/mol. The lowest BCUT2D eigenvalue weighted by molar-refractivity contribution is -0.125. The summed E-state index contributed by atoms with van der Waals surface area (Å²) in [5.74, 6) is 0.385. The number of halogens is 2. The molecule has 0 aliphatic carbocycles. The number of nitrogens with one attached hydrogen (secondary N) is 7. The SMILES string of the molecule is C=CC(=O)N1CC[C@@H](Nc2n[nH]c3nccc(-c4ccc(CNC(=O)c5coc(C(C)(C)C)n5)c(F)c4)c23)C1.CC(C)(C)c1nc(C(=O)NCc2ccc(-c3ccnc4[nH]nc(N[C@@H]5CCNC5)c34)cc2F)co1. The second-order valence-corrected chi connectivity index (χ2v) is 20.3. The van der Waals surface area contributed by atoms with E-state index in [1.807, 2.05) is 53.7 Å². The number of H-pyrrole nitrogens is 2. The van der Waals surface area contributed by atoms with Gasteiger partial charge >= 0.3 is 0 Å². The van der Waals surface area contributed by atoms with Gasteiger partial charge in [-0.25, -0.2) is 28.7 Å². The molecule has 3 amide bonds. The molecule has 7 N–H and O–H groups in total. The fraction of sp³-hybridized carbons (Fsp3) is 0.340. The molecule has 21 heteroatoms. The highest BCUT2D eigenvalue weighted by molar-refractivity contribution is 6.01. The lowest BCUT2D eigenvalue weighted by atomic mass is 9.97. The third-order valence-corrected chi connectivity index (χ3v) is 12.7. The van der Waals surface area contributed by atoms with Crippen LogP contribution in [0.5, 0.6) is 0 Å². The predicted octanol–water partition coefficient (Wildman–Crippen LogP) is 7.93. The number of likely N-dealkylation sites (tertiary alicyclic amines) is 1. The first-order chi connectivity index (χ1) is 35.4. The zero-order chi connectivity index (χ0) is 52.3. The number of rotatable bonds is 13. The molecule has 2 aliphatic heterocycles. The summed E-state index contributed by atoms with van der Waals surface area (Å²) in [7, 11) is 0.